The first-order valence-electron chi connectivity index (χ1n) is 7.29. The summed E-state index contributed by atoms with van der Waals surface area (Å²) >= 11 is 0. The van der Waals surface area contributed by atoms with Gasteiger partial charge in [-0.2, -0.15) is 0 Å². The number of ether oxygens (including phenoxy) is 2. The topological polar surface area (TPSA) is 72.9 Å². The predicted molar refractivity (Wildman–Crippen MR) is 78.4 cm³/mol. The molecular weight excluding hydrogens is 286 g/mol. The fourth-order valence-electron chi connectivity index (χ4n) is 2.54. The van der Waals surface area contributed by atoms with E-state index in [0.717, 1.165) is 6.42 Å². The molecule has 1 heterocycles. The Morgan fingerprint density at radius 2 is 2.00 bits per heavy atom. The number of carbonyl (C=O) groups excluding carboxylic acids is 3. The maximum atomic E-state index is 12.7. The molecule has 1 unspecified atom stereocenters. The molecule has 118 valence electrons. The molecule has 6 heteroatoms. The van der Waals surface area contributed by atoms with Crippen molar-refractivity contribution in [3.05, 3.63) is 29.8 Å². The lowest BCUT2D eigenvalue weighted by molar-refractivity contribution is -0.147. The second-order valence-corrected chi connectivity index (χ2v) is 5.00. The number of amides is 1. The highest BCUT2D eigenvalue weighted by Crippen LogP contribution is 2.26. The molecule has 0 N–H and O–H groups in total. The third-order valence-electron chi connectivity index (χ3n) is 3.44. The van der Waals surface area contributed by atoms with Crippen molar-refractivity contribution in [3.63, 3.8) is 0 Å². The molecule has 0 saturated carbocycles. The van der Waals surface area contributed by atoms with Gasteiger partial charge in [0.2, 0.25) is 0 Å². The molecule has 0 radical (unpaired) electrons. The van der Waals surface area contributed by atoms with Crippen molar-refractivity contribution in [2.24, 2.45) is 0 Å². The fraction of sp³-hybridized carbons (Fsp3) is 0.438. The second kappa shape index (κ2) is 7.06. The summed E-state index contributed by atoms with van der Waals surface area (Å²) in [6.07, 6.45) is 1.32. The van der Waals surface area contributed by atoms with E-state index in [1.165, 1.54) is 11.8 Å². The average Bonchev–Trinajstić information content (AvgIpc) is 2.96. The number of esters is 2. The molecule has 0 aromatic heterocycles. The fourth-order valence-corrected chi connectivity index (χ4v) is 2.54. The highest BCUT2D eigenvalue weighted by molar-refractivity contribution is 5.99. The van der Waals surface area contributed by atoms with E-state index in [2.05, 4.69) is 0 Å². The summed E-state index contributed by atoms with van der Waals surface area (Å²) in [7, 11) is 0. The van der Waals surface area contributed by atoms with E-state index < -0.39 is 18.0 Å². The minimum Gasteiger partial charge on any atom is -0.464 e. The molecule has 0 bridgehead atoms. The Kier molecular flexibility index (Phi) is 5.14. The van der Waals surface area contributed by atoms with Crippen molar-refractivity contribution < 1.29 is 23.9 Å². The summed E-state index contributed by atoms with van der Waals surface area (Å²) in [5.74, 6) is -1.01. The van der Waals surface area contributed by atoms with Crippen LogP contribution >= 0.6 is 0 Å². The molecule has 6 nitrogen and oxygen atoms in total. The van der Waals surface area contributed by atoms with Gasteiger partial charge in [0, 0.05) is 13.5 Å². The molecule has 1 fully saturated rings. The van der Waals surface area contributed by atoms with Crippen molar-refractivity contribution in [1.82, 2.24) is 4.90 Å². The van der Waals surface area contributed by atoms with Crippen LogP contribution in [0.15, 0.2) is 24.3 Å². The largest absolute Gasteiger partial charge is 0.464 e. The van der Waals surface area contributed by atoms with Crippen molar-refractivity contribution in [3.8, 4) is 5.75 Å². The third kappa shape index (κ3) is 3.44. The van der Waals surface area contributed by atoms with Crippen molar-refractivity contribution >= 4 is 17.8 Å². The van der Waals surface area contributed by atoms with Crippen LogP contribution in [0.1, 0.15) is 37.0 Å². The molecule has 1 aromatic carbocycles. The molecule has 1 aliphatic heterocycles. The summed E-state index contributed by atoms with van der Waals surface area (Å²) in [6.45, 7) is 3.77. The minimum atomic E-state index is -0.571. The molecule has 2 rings (SSSR count). The van der Waals surface area contributed by atoms with Crippen LogP contribution in [0.4, 0.5) is 0 Å². The van der Waals surface area contributed by atoms with Crippen molar-refractivity contribution in [2.75, 3.05) is 13.2 Å². The molecule has 1 saturated heterocycles. The maximum Gasteiger partial charge on any atom is 0.328 e. The Morgan fingerprint density at radius 3 is 2.68 bits per heavy atom. The van der Waals surface area contributed by atoms with Crippen molar-refractivity contribution in [2.45, 2.75) is 32.7 Å². The summed E-state index contributed by atoms with van der Waals surface area (Å²) in [6, 6.07) is 5.95. The summed E-state index contributed by atoms with van der Waals surface area (Å²) in [5, 5.41) is 0. The monoisotopic (exact) mass is 305 g/mol. The standard InChI is InChI=1S/C16H19NO5/c1-3-21-16(20)13-8-6-10-17(13)15(19)12-7-4-5-9-14(12)22-11(2)18/h4-5,7,9,13H,3,6,8,10H2,1-2H3. The Bertz CT molecular complexity index is 584. The average molecular weight is 305 g/mol. The van der Waals surface area contributed by atoms with Gasteiger partial charge in [0.1, 0.15) is 11.8 Å². The Balaban J connectivity index is 2.24. The molecule has 0 aliphatic carbocycles. The number of rotatable bonds is 4. The Morgan fingerprint density at radius 1 is 1.27 bits per heavy atom. The van der Waals surface area contributed by atoms with E-state index >= 15 is 0 Å². The number of hydrogen-bond acceptors (Lipinski definition) is 5. The van der Waals surface area contributed by atoms with E-state index in [9.17, 15) is 14.4 Å². The van der Waals surface area contributed by atoms with Crippen LogP contribution in [0, 0.1) is 0 Å². The van der Waals surface area contributed by atoms with E-state index in [1.807, 2.05) is 0 Å². The maximum absolute atomic E-state index is 12.7. The van der Waals surface area contributed by atoms with Crippen LogP contribution in [0.3, 0.4) is 0 Å². The number of para-hydroxylation sites is 1. The summed E-state index contributed by atoms with van der Waals surface area (Å²) in [4.78, 5) is 37.3. The first-order chi connectivity index (χ1) is 10.5. The van der Waals surface area contributed by atoms with E-state index in [1.54, 1.807) is 31.2 Å². The van der Waals surface area contributed by atoms with Gasteiger partial charge in [-0.05, 0) is 31.9 Å². The lowest BCUT2D eigenvalue weighted by Gasteiger charge is -2.23. The quantitative estimate of drug-likeness (QED) is 0.626. The van der Waals surface area contributed by atoms with Gasteiger partial charge in [-0.1, -0.05) is 12.1 Å². The zero-order chi connectivity index (χ0) is 16.1. The van der Waals surface area contributed by atoms with E-state index in [4.69, 9.17) is 9.47 Å². The molecule has 0 spiro atoms. The molecule has 1 amide bonds. The predicted octanol–water partition coefficient (Wildman–Crippen LogP) is 1.78. The number of nitrogens with zero attached hydrogens (tertiary/aromatic N) is 1. The van der Waals surface area contributed by atoms with Gasteiger partial charge in [-0.3, -0.25) is 9.59 Å². The normalized spacial score (nSPS) is 17.2. The van der Waals surface area contributed by atoms with Crippen molar-refractivity contribution in [1.29, 1.82) is 0 Å². The SMILES string of the molecule is CCOC(=O)C1CCCN1C(=O)c1ccccc1OC(C)=O. The molecule has 1 atom stereocenters. The smallest absolute Gasteiger partial charge is 0.328 e. The lowest BCUT2D eigenvalue weighted by Crippen LogP contribution is -2.41. The van der Waals surface area contributed by atoms with Crippen LogP contribution in [0.2, 0.25) is 0 Å². The van der Waals surface area contributed by atoms with Gasteiger partial charge in [-0.25, -0.2) is 4.79 Å². The van der Waals surface area contributed by atoms with Gasteiger partial charge in [0.05, 0.1) is 12.2 Å². The summed E-state index contributed by atoms with van der Waals surface area (Å²) in [5.41, 5.74) is 0.272. The Hall–Kier alpha value is -2.37. The lowest BCUT2D eigenvalue weighted by atomic mass is 10.1. The van der Waals surface area contributed by atoms with E-state index in [0.29, 0.717) is 13.0 Å². The number of hydrogen-bond donors (Lipinski definition) is 0. The Labute approximate surface area is 129 Å². The molecule has 22 heavy (non-hydrogen) atoms. The van der Waals surface area contributed by atoms with Crippen LogP contribution in [-0.2, 0) is 14.3 Å². The zero-order valence-electron chi connectivity index (χ0n) is 12.7. The van der Waals surface area contributed by atoms with Crippen LogP contribution in [-0.4, -0.2) is 41.9 Å². The van der Waals surface area contributed by atoms with Gasteiger partial charge < -0.3 is 14.4 Å². The summed E-state index contributed by atoms with van der Waals surface area (Å²) < 4.78 is 10.1. The minimum absolute atomic E-state index is 0.203. The zero-order valence-corrected chi connectivity index (χ0v) is 12.7. The van der Waals surface area contributed by atoms with Gasteiger partial charge in [0.15, 0.2) is 0 Å². The first kappa shape index (κ1) is 16.0. The number of carbonyl (C=O) groups is 3. The van der Waals surface area contributed by atoms with Gasteiger partial charge in [0.25, 0.3) is 5.91 Å². The second-order valence-electron chi connectivity index (χ2n) is 5.00. The van der Waals surface area contributed by atoms with Crippen LogP contribution < -0.4 is 4.74 Å². The number of benzene rings is 1. The highest BCUT2D eigenvalue weighted by Gasteiger charge is 2.36. The first-order valence-corrected chi connectivity index (χ1v) is 7.29. The highest BCUT2D eigenvalue weighted by atomic mass is 16.5. The molecule has 1 aliphatic rings. The third-order valence-corrected chi connectivity index (χ3v) is 3.44. The van der Waals surface area contributed by atoms with Gasteiger partial charge >= 0.3 is 11.9 Å². The van der Waals surface area contributed by atoms with E-state index in [-0.39, 0.29) is 23.8 Å². The molecular formula is C16H19NO5. The van der Waals surface area contributed by atoms with Crippen LogP contribution in [0.25, 0.3) is 0 Å². The number of likely N-dealkylation sites (tertiary alicyclic amines) is 1. The van der Waals surface area contributed by atoms with Gasteiger partial charge in [-0.15, -0.1) is 0 Å². The van der Waals surface area contributed by atoms with Crippen LogP contribution in [0.5, 0.6) is 5.75 Å². The molecule has 1 aromatic rings.